The first kappa shape index (κ1) is 17.7. The van der Waals surface area contributed by atoms with Gasteiger partial charge in [-0.15, -0.1) is 0 Å². The molecule has 1 aromatic carbocycles. The molecule has 0 aliphatic carbocycles. The first-order valence-corrected chi connectivity index (χ1v) is 8.87. The molecule has 0 unspecified atom stereocenters. The first-order valence-electron chi connectivity index (χ1n) is 8.87. The number of amides is 1. The van der Waals surface area contributed by atoms with Crippen LogP contribution in [0.25, 0.3) is 11.4 Å². The molecule has 0 radical (unpaired) electrons. The van der Waals surface area contributed by atoms with E-state index in [0.29, 0.717) is 42.5 Å². The molecule has 2 aromatic heterocycles. The zero-order chi connectivity index (χ0) is 19.3. The zero-order valence-electron chi connectivity index (χ0n) is 14.9. The number of benzene rings is 1. The number of carbonyl (C=O) groups is 1. The molecular weight excluding hydrogens is 360 g/mol. The molecule has 0 fully saturated rings. The van der Waals surface area contributed by atoms with E-state index in [1.807, 2.05) is 24.3 Å². The normalized spacial score (nSPS) is 15.1. The zero-order valence-corrected chi connectivity index (χ0v) is 14.9. The lowest BCUT2D eigenvalue weighted by atomic mass is 10.2. The molecule has 1 atom stereocenters. The predicted molar refractivity (Wildman–Crippen MR) is 101 cm³/mol. The van der Waals surface area contributed by atoms with E-state index in [0.717, 1.165) is 0 Å². The quantitative estimate of drug-likeness (QED) is 0.701. The number of ether oxygens (including phenoxy) is 2. The number of hydrogen-bond donors (Lipinski definition) is 2. The van der Waals surface area contributed by atoms with Crippen LogP contribution in [0.15, 0.2) is 59.8 Å². The van der Waals surface area contributed by atoms with Gasteiger partial charge in [0.1, 0.15) is 24.1 Å². The fraction of sp³-hybridized carbons (Fsp3) is 0.200. The van der Waals surface area contributed by atoms with Gasteiger partial charge in [0.15, 0.2) is 11.5 Å². The molecule has 0 spiro atoms. The highest BCUT2D eigenvalue weighted by molar-refractivity contribution is 5.93. The summed E-state index contributed by atoms with van der Waals surface area (Å²) in [7, 11) is 0. The molecule has 1 amide bonds. The van der Waals surface area contributed by atoms with Gasteiger partial charge in [-0.1, -0.05) is 12.1 Å². The summed E-state index contributed by atoms with van der Waals surface area (Å²) in [6, 6.07) is 11.0. The van der Waals surface area contributed by atoms with Crippen LogP contribution >= 0.6 is 0 Å². The third-order valence-corrected chi connectivity index (χ3v) is 4.30. The van der Waals surface area contributed by atoms with Crippen LogP contribution in [-0.4, -0.2) is 40.1 Å². The number of hydrogen-bond acceptors (Lipinski definition) is 6. The topological polar surface area (TPSA) is 106 Å². The van der Waals surface area contributed by atoms with Crippen molar-refractivity contribution in [1.82, 2.24) is 20.3 Å². The lowest BCUT2D eigenvalue weighted by Crippen LogP contribution is -2.36. The number of aromatic amines is 1. The van der Waals surface area contributed by atoms with E-state index >= 15 is 0 Å². The molecule has 4 rings (SSSR count). The Balaban J connectivity index is 1.34. The van der Waals surface area contributed by atoms with Crippen molar-refractivity contribution in [2.45, 2.75) is 12.5 Å². The Kier molecular flexibility index (Phi) is 5.01. The molecule has 142 valence electrons. The third kappa shape index (κ3) is 3.85. The monoisotopic (exact) mass is 378 g/mol. The molecule has 8 heteroatoms. The van der Waals surface area contributed by atoms with Gasteiger partial charge in [0.2, 0.25) is 0 Å². The molecule has 8 nitrogen and oxygen atoms in total. The minimum Gasteiger partial charge on any atom is -0.486 e. The SMILES string of the molecule is O=C(NCC[C@@H]1COc2ccccc2O1)c1cnc(-c2cccnc2)[nH]c1=O. The number of carbonyl (C=O) groups excluding carboxylic acids is 1. The molecule has 0 bridgehead atoms. The van der Waals surface area contributed by atoms with Crippen molar-refractivity contribution in [2.75, 3.05) is 13.2 Å². The smallest absolute Gasteiger partial charge is 0.264 e. The Hall–Kier alpha value is -3.68. The number of nitrogens with one attached hydrogen (secondary N) is 2. The Labute approximate surface area is 160 Å². The van der Waals surface area contributed by atoms with Crippen molar-refractivity contribution in [3.05, 3.63) is 70.9 Å². The van der Waals surface area contributed by atoms with Gasteiger partial charge < -0.3 is 19.8 Å². The van der Waals surface area contributed by atoms with E-state index in [4.69, 9.17) is 9.47 Å². The summed E-state index contributed by atoms with van der Waals surface area (Å²) in [4.78, 5) is 35.3. The number of H-pyrrole nitrogens is 1. The van der Waals surface area contributed by atoms with E-state index in [2.05, 4.69) is 20.3 Å². The fourth-order valence-electron chi connectivity index (χ4n) is 2.85. The fourth-order valence-corrected chi connectivity index (χ4v) is 2.85. The van der Waals surface area contributed by atoms with Crippen LogP contribution in [0, 0.1) is 0 Å². The van der Waals surface area contributed by atoms with Crippen molar-refractivity contribution in [2.24, 2.45) is 0 Å². The van der Waals surface area contributed by atoms with Crippen molar-refractivity contribution >= 4 is 5.91 Å². The van der Waals surface area contributed by atoms with E-state index in [1.165, 1.54) is 6.20 Å². The van der Waals surface area contributed by atoms with Gasteiger partial charge >= 0.3 is 0 Å². The average molecular weight is 378 g/mol. The number of aromatic nitrogens is 3. The predicted octanol–water partition coefficient (Wildman–Crippen LogP) is 1.79. The van der Waals surface area contributed by atoms with E-state index in [9.17, 15) is 9.59 Å². The Morgan fingerprint density at radius 1 is 1.18 bits per heavy atom. The number of rotatable bonds is 5. The molecule has 2 N–H and O–H groups in total. The van der Waals surface area contributed by atoms with Crippen molar-refractivity contribution < 1.29 is 14.3 Å². The second kappa shape index (κ2) is 7.91. The van der Waals surface area contributed by atoms with Crippen LogP contribution in [0.1, 0.15) is 16.8 Å². The van der Waals surface area contributed by atoms with Crippen molar-refractivity contribution in [1.29, 1.82) is 0 Å². The number of nitrogens with zero attached hydrogens (tertiary/aromatic N) is 2. The highest BCUT2D eigenvalue weighted by Gasteiger charge is 2.21. The molecule has 0 saturated carbocycles. The number of para-hydroxylation sites is 2. The number of pyridine rings is 1. The second-order valence-corrected chi connectivity index (χ2v) is 6.26. The van der Waals surface area contributed by atoms with Crippen LogP contribution in [0.3, 0.4) is 0 Å². The van der Waals surface area contributed by atoms with Gasteiger partial charge in [0.05, 0.1) is 0 Å². The van der Waals surface area contributed by atoms with Gasteiger partial charge in [-0.05, 0) is 24.3 Å². The lowest BCUT2D eigenvalue weighted by Gasteiger charge is -2.26. The Morgan fingerprint density at radius 2 is 2.04 bits per heavy atom. The van der Waals surface area contributed by atoms with Crippen LogP contribution in [0.2, 0.25) is 0 Å². The second-order valence-electron chi connectivity index (χ2n) is 6.26. The van der Waals surface area contributed by atoms with Gasteiger partial charge in [0, 0.05) is 37.1 Å². The van der Waals surface area contributed by atoms with E-state index in [1.54, 1.807) is 24.5 Å². The maximum absolute atomic E-state index is 12.3. The summed E-state index contributed by atoms with van der Waals surface area (Å²) in [5, 5.41) is 2.72. The van der Waals surface area contributed by atoms with Crippen LogP contribution < -0.4 is 20.3 Å². The minimum atomic E-state index is -0.502. The summed E-state index contributed by atoms with van der Waals surface area (Å²) >= 11 is 0. The standard InChI is InChI=1S/C20H18N4O4/c25-19(15-11-23-18(24-20(15)26)13-4-3-8-21-10-13)22-9-7-14-12-27-16-5-1-2-6-17(16)28-14/h1-6,8,10-11,14H,7,9,12H2,(H,22,25)(H,23,24,26)/t14-/m1/s1. The average Bonchev–Trinajstić information content (AvgIpc) is 2.74. The molecular formula is C20H18N4O4. The van der Waals surface area contributed by atoms with Crippen LogP contribution in [0.5, 0.6) is 11.5 Å². The van der Waals surface area contributed by atoms with Crippen LogP contribution in [0.4, 0.5) is 0 Å². The van der Waals surface area contributed by atoms with E-state index < -0.39 is 11.5 Å². The maximum Gasteiger partial charge on any atom is 0.264 e. The Morgan fingerprint density at radius 3 is 2.82 bits per heavy atom. The molecule has 3 heterocycles. The van der Waals surface area contributed by atoms with Crippen molar-refractivity contribution in [3.8, 4) is 22.9 Å². The van der Waals surface area contributed by atoms with Gasteiger partial charge in [-0.3, -0.25) is 14.6 Å². The Bertz CT molecular complexity index is 1040. The van der Waals surface area contributed by atoms with Gasteiger partial charge in [-0.25, -0.2) is 4.98 Å². The summed E-state index contributed by atoms with van der Waals surface area (Å²) in [6.45, 7) is 0.758. The summed E-state index contributed by atoms with van der Waals surface area (Å²) in [5.41, 5.74) is 0.123. The number of fused-ring (bicyclic) bond motifs is 1. The maximum atomic E-state index is 12.3. The summed E-state index contributed by atoms with van der Waals surface area (Å²) in [5.74, 6) is 1.29. The molecule has 28 heavy (non-hydrogen) atoms. The van der Waals surface area contributed by atoms with Crippen LogP contribution in [-0.2, 0) is 0 Å². The summed E-state index contributed by atoms with van der Waals surface area (Å²) < 4.78 is 11.5. The minimum absolute atomic E-state index is 0.0428. The summed E-state index contributed by atoms with van der Waals surface area (Å²) in [6.07, 6.45) is 4.87. The lowest BCUT2D eigenvalue weighted by molar-refractivity contribution is 0.0812. The largest absolute Gasteiger partial charge is 0.486 e. The molecule has 1 aliphatic heterocycles. The van der Waals surface area contributed by atoms with Gasteiger partial charge in [-0.2, -0.15) is 0 Å². The highest BCUT2D eigenvalue weighted by Crippen LogP contribution is 2.31. The first-order chi connectivity index (χ1) is 13.7. The molecule has 0 saturated heterocycles. The van der Waals surface area contributed by atoms with Crippen molar-refractivity contribution in [3.63, 3.8) is 0 Å². The van der Waals surface area contributed by atoms with Gasteiger partial charge in [0.25, 0.3) is 11.5 Å². The molecule has 3 aromatic rings. The van der Waals surface area contributed by atoms with E-state index in [-0.39, 0.29) is 11.7 Å². The highest BCUT2D eigenvalue weighted by atomic mass is 16.6. The molecule has 1 aliphatic rings. The third-order valence-electron chi connectivity index (χ3n) is 4.30.